The molecule has 0 saturated carbocycles. The van der Waals surface area contributed by atoms with Crippen molar-refractivity contribution in [1.29, 1.82) is 0 Å². The molecule has 1 aliphatic rings. The van der Waals surface area contributed by atoms with Gasteiger partial charge in [-0.25, -0.2) is 14.8 Å². The minimum absolute atomic E-state index is 0.0988. The fourth-order valence-electron chi connectivity index (χ4n) is 4.93. The summed E-state index contributed by atoms with van der Waals surface area (Å²) in [6.45, 7) is 9.70. The highest BCUT2D eigenvalue weighted by Crippen LogP contribution is 2.29. The summed E-state index contributed by atoms with van der Waals surface area (Å²) < 4.78 is 10.6. The molecule has 2 N–H and O–H groups in total. The Morgan fingerprint density at radius 1 is 1.00 bits per heavy atom. The fourth-order valence-corrected chi connectivity index (χ4v) is 4.93. The van der Waals surface area contributed by atoms with Crippen LogP contribution in [0.4, 0.5) is 22.1 Å². The Hall–Kier alpha value is -5.32. The summed E-state index contributed by atoms with van der Waals surface area (Å²) in [5.41, 5.74) is 4.83. The average Bonchev–Trinajstić information content (AvgIpc) is 3.54. The van der Waals surface area contributed by atoms with E-state index in [0.717, 1.165) is 34.5 Å². The van der Waals surface area contributed by atoms with E-state index in [-0.39, 0.29) is 11.8 Å². The SMILES string of the molecule is Cc1ccc(NC(=O)c2ccc(C3CCN(C(=O)OC(C)OC(=O)C(C)(C)C)C3)cc2)cc1Nc1nccc(-c2cccnc2)n1. The molecule has 1 saturated heterocycles. The molecule has 2 aromatic heterocycles. The molecule has 5 rings (SSSR count). The van der Waals surface area contributed by atoms with Crippen LogP contribution in [0.1, 0.15) is 61.5 Å². The molecule has 0 radical (unpaired) electrons. The van der Waals surface area contributed by atoms with E-state index in [4.69, 9.17) is 9.47 Å². The topological polar surface area (TPSA) is 136 Å². The molecule has 0 bridgehead atoms. The molecule has 3 heterocycles. The highest BCUT2D eigenvalue weighted by molar-refractivity contribution is 6.04. The van der Waals surface area contributed by atoms with E-state index in [1.165, 1.54) is 6.92 Å². The monoisotopic (exact) mass is 622 g/mol. The number of nitrogens with one attached hydrogen (secondary N) is 2. The van der Waals surface area contributed by atoms with Crippen molar-refractivity contribution in [3.05, 3.63) is 95.9 Å². The maximum Gasteiger partial charge on any atom is 0.412 e. The molecule has 11 nitrogen and oxygen atoms in total. The molecule has 2 atom stereocenters. The number of likely N-dealkylation sites (tertiary alicyclic amines) is 1. The molecule has 2 aromatic carbocycles. The van der Waals surface area contributed by atoms with Gasteiger partial charge in [-0.2, -0.15) is 0 Å². The molecule has 238 valence electrons. The van der Waals surface area contributed by atoms with Crippen molar-refractivity contribution in [3.63, 3.8) is 0 Å². The second-order valence-corrected chi connectivity index (χ2v) is 12.3. The number of aryl methyl sites for hydroxylation is 1. The van der Waals surface area contributed by atoms with Gasteiger partial charge in [0, 0.05) is 67.0 Å². The quantitative estimate of drug-likeness (QED) is 0.162. The summed E-state index contributed by atoms with van der Waals surface area (Å²) in [6, 6.07) is 18.6. The first-order valence-electron chi connectivity index (χ1n) is 15.2. The van der Waals surface area contributed by atoms with Crippen molar-refractivity contribution in [1.82, 2.24) is 19.9 Å². The lowest BCUT2D eigenvalue weighted by Gasteiger charge is -2.23. The van der Waals surface area contributed by atoms with E-state index < -0.39 is 23.8 Å². The van der Waals surface area contributed by atoms with Gasteiger partial charge in [-0.1, -0.05) is 18.2 Å². The number of pyridine rings is 1. The highest BCUT2D eigenvalue weighted by atomic mass is 16.7. The third-order valence-corrected chi connectivity index (χ3v) is 7.60. The fraction of sp³-hybridized carbons (Fsp3) is 0.314. The van der Waals surface area contributed by atoms with Gasteiger partial charge < -0.3 is 25.0 Å². The zero-order chi connectivity index (χ0) is 32.8. The van der Waals surface area contributed by atoms with Gasteiger partial charge in [-0.3, -0.25) is 14.6 Å². The molecule has 2 unspecified atom stereocenters. The van der Waals surface area contributed by atoms with Gasteiger partial charge in [0.2, 0.25) is 12.2 Å². The van der Waals surface area contributed by atoms with Crippen molar-refractivity contribution in [2.24, 2.45) is 5.41 Å². The zero-order valence-corrected chi connectivity index (χ0v) is 26.6. The van der Waals surface area contributed by atoms with Crippen molar-refractivity contribution in [3.8, 4) is 11.3 Å². The summed E-state index contributed by atoms with van der Waals surface area (Å²) in [5.74, 6) is -0.151. The predicted octanol–water partition coefficient (Wildman–Crippen LogP) is 6.70. The summed E-state index contributed by atoms with van der Waals surface area (Å²) in [5, 5.41) is 6.22. The third-order valence-electron chi connectivity index (χ3n) is 7.60. The number of amides is 2. The second-order valence-electron chi connectivity index (χ2n) is 12.3. The number of benzene rings is 2. The smallest absolute Gasteiger partial charge is 0.412 e. The number of ether oxygens (including phenoxy) is 2. The van der Waals surface area contributed by atoms with E-state index in [0.29, 0.717) is 30.3 Å². The molecule has 0 aliphatic carbocycles. The average molecular weight is 623 g/mol. The van der Waals surface area contributed by atoms with Crippen LogP contribution in [0.25, 0.3) is 11.3 Å². The van der Waals surface area contributed by atoms with Gasteiger partial charge in [0.15, 0.2) is 0 Å². The first-order chi connectivity index (χ1) is 22.0. The number of rotatable bonds is 8. The number of hydrogen-bond donors (Lipinski definition) is 2. The molecule has 0 spiro atoms. The molecule has 46 heavy (non-hydrogen) atoms. The standard InChI is InChI=1S/C35H38N6O5/c1-22-8-13-28(19-30(22)40-33-37-17-14-29(39-33)26-7-6-16-36-20-26)38-31(42)25-11-9-24(10-12-25)27-15-18-41(21-27)34(44)46-23(2)45-32(43)35(3,4)5/h6-14,16-17,19-20,23,27H,15,18,21H2,1-5H3,(H,38,42)(H,37,39,40). The summed E-state index contributed by atoms with van der Waals surface area (Å²) in [4.78, 5) is 52.6. The van der Waals surface area contributed by atoms with Crippen LogP contribution in [-0.2, 0) is 14.3 Å². The number of hydrogen-bond acceptors (Lipinski definition) is 9. The summed E-state index contributed by atoms with van der Waals surface area (Å²) >= 11 is 0. The Morgan fingerprint density at radius 3 is 2.50 bits per heavy atom. The number of nitrogens with zero attached hydrogens (tertiary/aromatic N) is 4. The maximum absolute atomic E-state index is 13.1. The Morgan fingerprint density at radius 2 is 1.78 bits per heavy atom. The van der Waals surface area contributed by atoms with Crippen molar-refractivity contribution in [2.75, 3.05) is 23.7 Å². The zero-order valence-electron chi connectivity index (χ0n) is 26.6. The van der Waals surface area contributed by atoms with Crippen LogP contribution in [-0.4, -0.2) is 57.2 Å². The lowest BCUT2D eigenvalue weighted by atomic mass is 9.97. The van der Waals surface area contributed by atoms with E-state index in [9.17, 15) is 14.4 Å². The Kier molecular flexibility index (Phi) is 9.60. The molecule has 1 fully saturated rings. The van der Waals surface area contributed by atoms with E-state index >= 15 is 0 Å². The predicted molar refractivity (Wildman–Crippen MR) is 175 cm³/mol. The van der Waals surface area contributed by atoms with Crippen molar-refractivity contribution < 1.29 is 23.9 Å². The minimum atomic E-state index is -0.978. The van der Waals surface area contributed by atoms with Crippen LogP contribution in [0.3, 0.4) is 0 Å². The second kappa shape index (κ2) is 13.8. The van der Waals surface area contributed by atoms with Crippen LogP contribution in [0.15, 0.2) is 79.3 Å². The van der Waals surface area contributed by atoms with Crippen LogP contribution in [0.5, 0.6) is 0 Å². The third kappa shape index (κ3) is 8.03. The lowest BCUT2D eigenvalue weighted by Crippen LogP contribution is -2.35. The van der Waals surface area contributed by atoms with Gasteiger partial charge in [0.05, 0.1) is 11.1 Å². The van der Waals surface area contributed by atoms with Gasteiger partial charge in [0.1, 0.15) is 0 Å². The number of carbonyl (C=O) groups excluding carboxylic acids is 3. The normalized spacial score (nSPS) is 15.2. The minimum Gasteiger partial charge on any atom is -0.425 e. The van der Waals surface area contributed by atoms with Crippen molar-refractivity contribution >= 4 is 35.3 Å². The van der Waals surface area contributed by atoms with Crippen LogP contribution in [0.2, 0.25) is 0 Å². The molecule has 4 aromatic rings. The highest BCUT2D eigenvalue weighted by Gasteiger charge is 2.31. The largest absolute Gasteiger partial charge is 0.425 e. The van der Waals surface area contributed by atoms with Gasteiger partial charge in [0.25, 0.3) is 5.91 Å². The first-order valence-corrected chi connectivity index (χ1v) is 15.2. The number of aromatic nitrogens is 3. The van der Waals surface area contributed by atoms with Crippen LogP contribution >= 0.6 is 0 Å². The van der Waals surface area contributed by atoms with Crippen LogP contribution < -0.4 is 10.6 Å². The van der Waals surface area contributed by atoms with Gasteiger partial charge in [-0.05, 0) is 87.7 Å². The molecular formula is C35H38N6O5. The number of anilines is 3. The Balaban J connectivity index is 1.16. The van der Waals surface area contributed by atoms with E-state index in [2.05, 4.69) is 25.6 Å². The van der Waals surface area contributed by atoms with Crippen molar-refractivity contribution in [2.45, 2.75) is 53.2 Å². The van der Waals surface area contributed by atoms with Gasteiger partial charge in [-0.15, -0.1) is 0 Å². The molecule has 1 aliphatic heterocycles. The molecule has 2 amide bonds. The first kappa shape index (κ1) is 32.1. The lowest BCUT2D eigenvalue weighted by molar-refractivity contribution is -0.175. The van der Waals surface area contributed by atoms with E-state index in [1.54, 1.807) is 56.4 Å². The summed E-state index contributed by atoms with van der Waals surface area (Å²) in [7, 11) is 0. The Bertz CT molecular complexity index is 1710. The van der Waals surface area contributed by atoms with Gasteiger partial charge >= 0.3 is 12.1 Å². The van der Waals surface area contributed by atoms with Crippen LogP contribution in [0, 0.1) is 12.3 Å². The molecule has 11 heteroatoms. The maximum atomic E-state index is 13.1. The molecular weight excluding hydrogens is 584 g/mol. The number of carbonyl (C=O) groups is 3. The Labute approximate surface area is 268 Å². The van der Waals surface area contributed by atoms with E-state index in [1.807, 2.05) is 55.5 Å². The number of esters is 1. The summed E-state index contributed by atoms with van der Waals surface area (Å²) in [6.07, 6.45) is 4.40.